The van der Waals surface area contributed by atoms with Crippen molar-refractivity contribution in [3.63, 3.8) is 0 Å². The van der Waals surface area contributed by atoms with E-state index in [-0.39, 0.29) is 24.1 Å². The molecule has 4 rings (SSSR count). The Hall–Kier alpha value is -3.88. The molecule has 0 saturated carbocycles. The van der Waals surface area contributed by atoms with Crippen LogP contribution in [0.4, 0.5) is 15.9 Å². The molecule has 0 radical (unpaired) electrons. The first-order valence-corrected chi connectivity index (χ1v) is 10.6. The molecule has 170 valence electrons. The second-order valence-corrected chi connectivity index (χ2v) is 8.87. The molecular weight excluding hydrogens is 421 g/mol. The highest BCUT2D eigenvalue weighted by molar-refractivity contribution is 6.09. The van der Waals surface area contributed by atoms with Crippen LogP contribution in [0.3, 0.4) is 0 Å². The predicted molar refractivity (Wildman–Crippen MR) is 127 cm³/mol. The summed E-state index contributed by atoms with van der Waals surface area (Å²) in [5.74, 6) is 0.0706. The van der Waals surface area contributed by atoms with Gasteiger partial charge in [0.1, 0.15) is 17.2 Å². The highest BCUT2D eigenvalue weighted by Crippen LogP contribution is 2.27. The van der Waals surface area contributed by atoms with Gasteiger partial charge >= 0.3 is 0 Å². The minimum absolute atomic E-state index is 0.104. The Morgan fingerprint density at radius 1 is 1.27 bits per heavy atom. The molecule has 1 amide bonds. The van der Waals surface area contributed by atoms with Gasteiger partial charge in [-0.15, -0.1) is 0 Å². The fraction of sp³-hybridized carbons (Fsp3) is 0.292. The maximum atomic E-state index is 14.3. The van der Waals surface area contributed by atoms with Crippen molar-refractivity contribution in [2.24, 2.45) is 10.4 Å². The van der Waals surface area contributed by atoms with E-state index in [1.54, 1.807) is 29.9 Å². The fourth-order valence-electron chi connectivity index (χ4n) is 3.56. The van der Waals surface area contributed by atoms with Gasteiger partial charge in [-0.25, -0.2) is 14.4 Å². The lowest BCUT2D eigenvalue weighted by atomic mass is 9.95. The van der Waals surface area contributed by atoms with E-state index in [0.717, 1.165) is 11.4 Å². The van der Waals surface area contributed by atoms with Gasteiger partial charge in [0, 0.05) is 18.0 Å². The van der Waals surface area contributed by atoms with Crippen LogP contribution in [0.1, 0.15) is 32.0 Å². The van der Waals surface area contributed by atoms with Crippen molar-refractivity contribution in [1.82, 2.24) is 19.7 Å². The summed E-state index contributed by atoms with van der Waals surface area (Å²) in [6.07, 6.45) is 5.37. The largest absolute Gasteiger partial charge is 0.382 e. The quantitative estimate of drug-likeness (QED) is 0.645. The zero-order valence-electron chi connectivity index (χ0n) is 19.1. The van der Waals surface area contributed by atoms with Crippen molar-refractivity contribution in [1.29, 1.82) is 0 Å². The Morgan fingerprint density at radius 3 is 2.67 bits per heavy atom. The number of nitrogens with two attached hydrogens (primary N) is 1. The number of rotatable bonds is 5. The number of allylic oxidation sites excluding steroid dienone is 1. The van der Waals surface area contributed by atoms with Gasteiger partial charge in [-0.3, -0.25) is 14.5 Å². The molecule has 3 aromatic rings. The topological polar surface area (TPSA) is 102 Å². The average molecular weight is 448 g/mol. The first kappa shape index (κ1) is 22.3. The molecule has 33 heavy (non-hydrogen) atoms. The highest BCUT2D eigenvalue weighted by atomic mass is 19.1. The van der Waals surface area contributed by atoms with E-state index in [4.69, 9.17) is 5.73 Å². The molecule has 2 N–H and O–H groups in total. The molecular formula is C24H26FN7O. The van der Waals surface area contributed by atoms with Crippen molar-refractivity contribution >= 4 is 23.1 Å². The number of amides is 1. The molecule has 8 nitrogen and oxygen atoms in total. The molecule has 0 spiro atoms. The summed E-state index contributed by atoms with van der Waals surface area (Å²) >= 11 is 0. The van der Waals surface area contributed by atoms with Crippen LogP contribution in [0.15, 0.2) is 53.7 Å². The first-order valence-electron chi connectivity index (χ1n) is 10.6. The lowest BCUT2D eigenvalue weighted by Crippen LogP contribution is -2.37. The number of nitrogen functional groups attached to an aromatic ring is 1. The fourth-order valence-corrected chi connectivity index (χ4v) is 3.56. The summed E-state index contributed by atoms with van der Waals surface area (Å²) in [6.45, 7) is 6.32. The van der Waals surface area contributed by atoms with E-state index in [9.17, 15) is 9.18 Å². The van der Waals surface area contributed by atoms with E-state index >= 15 is 0 Å². The molecule has 0 fully saturated rings. The van der Waals surface area contributed by atoms with Crippen LogP contribution < -0.4 is 10.6 Å². The number of aliphatic imine (C=N–C) groups is 1. The zero-order valence-corrected chi connectivity index (χ0v) is 19.1. The third kappa shape index (κ3) is 4.52. The van der Waals surface area contributed by atoms with Crippen LogP contribution in [0.2, 0.25) is 0 Å². The van der Waals surface area contributed by atoms with Gasteiger partial charge in [-0.1, -0.05) is 45.0 Å². The molecule has 1 aliphatic rings. The average Bonchev–Trinajstić information content (AvgIpc) is 3.43. The van der Waals surface area contributed by atoms with Gasteiger partial charge in [0.2, 0.25) is 5.91 Å². The van der Waals surface area contributed by atoms with Gasteiger partial charge in [0.15, 0.2) is 11.6 Å². The summed E-state index contributed by atoms with van der Waals surface area (Å²) < 4.78 is 16.0. The lowest BCUT2D eigenvalue weighted by molar-refractivity contribution is -0.125. The van der Waals surface area contributed by atoms with Crippen LogP contribution in [0, 0.1) is 11.2 Å². The number of halogens is 1. The van der Waals surface area contributed by atoms with Crippen LogP contribution in [0.25, 0.3) is 11.5 Å². The minimum atomic E-state index is -0.574. The number of nitrogens with zero attached hydrogens (tertiary/aromatic N) is 6. The van der Waals surface area contributed by atoms with Crippen LogP contribution in [-0.4, -0.2) is 45.0 Å². The summed E-state index contributed by atoms with van der Waals surface area (Å²) in [5.41, 5.74) is 8.51. The molecule has 3 heterocycles. The number of hydrogen-bond acceptors (Lipinski definition) is 6. The number of carbonyl (C=O) groups is 1. The van der Waals surface area contributed by atoms with Gasteiger partial charge in [-0.2, -0.15) is 5.10 Å². The van der Waals surface area contributed by atoms with E-state index in [2.05, 4.69) is 20.1 Å². The van der Waals surface area contributed by atoms with Crippen LogP contribution >= 0.6 is 0 Å². The Morgan fingerprint density at radius 2 is 2.03 bits per heavy atom. The maximum Gasteiger partial charge on any atom is 0.232 e. The number of hydrogen-bond donors (Lipinski definition) is 1. The standard InChI is InChI=1S/C24H26FN7O/c1-24(2,3)23(33)31(4)20-13-28-22(29-21(20)26)18-12-19(17-10-7-11-27-17)32(30-18)14-15-8-5-6-9-16(15)25/h5-10,12-13H,11,14H2,1-4H3,(H2,26,28,29). The Kier molecular flexibility index (Phi) is 5.80. The number of benzene rings is 1. The maximum absolute atomic E-state index is 14.3. The van der Waals surface area contributed by atoms with E-state index in [1.165, 1.54) is 17.2 Å². The molecule has 9 heteroatoms. The van der Waals surface area contributed by atoms with Crippen molar-refractivity contribution in [3.8, 4) is 11.5 Å². The van der Waals surface area contributed by atoms with Gasteiger partial charge in [0.25, 0.3) is 0 Å². The molecule has 1 aromatic carbocycles. The van der Waals surface area contributed by atoms with E-state index in [0.29, 0.717) is 29.3 Å². The molecule has 0 aliphatic carbocycles. The second kappa shape index (κ2) is 8.57. The van der Waals surface area contributed by atoms with Crippen LogP contribution in [-0.2, 0) is 11.3 Å². The Balaban J connectivity index is 1.71. The number of anilines is 2. The molecule has 0 unspecified atom stereocenters. The number of carbonyl (C=O) groups excluding carboxylic acids is 1. The smallest absolute Gasteiger partial charge is 0.232 e. The third-order valence-electron chi connectivity index (χ3n) is 5.30. The highest BCUT2D eigenvalue weighted by Gasteiger charge is 2.27. The van der Waals surface area contributed by atoms with Gasteiger partial charge in [-0.05, 0) is 18.2 Å². The molecule has 0 bridgehead atoms. The Labute approximate surface area is 191 Å². The lowest BCUT2D eigenvalue weighted by Gasteiger charge is -2.26. The summed E-state index contributed by atoms with van der Waals surface area (Å²) in [4.78, 5) is 27.4. The summed E-state index contributed by atoms with van der Waals surface area (Å²) in [5, 5.41) is 4.63. The van der Waals surface area contributed by atoms with E-state index < -0.39 is 5.41 Å². The Bertz CT molecular complexity index is 1270. The van der Waals surface area contributed by atoms with Crippen molar-refractivity contribution < 1.29 is 9.18 Å². The van der Waals surface area contributed by atoms with E-state index in [1.807, 2.05) is 39.0 Å². The zero-order chi connectivity index (χ0) is 23.8. The monoisotopic (exact) mass is 447 g/mol. The summed E-state index contributed by atoms with van der Waals surface area (Å²) in [7, 11) is 1.65. The molecule has 0 atom stereocenters. The minimum Gasteiger partial charge on any atom is -0.382 e. The van der Waals surface area contributed by atoms with Gasteiger partial charge in [0.05, 0.1) is 30.7 Å². The first-order chi connectivity index (χ1) is 15.6. The summed E-state index contributed by atoms with van der Waals surface area (Å²) in [6, 6.07) is 8.39. The molecule has 0 saturated heterocycles. The normalized spacial score (nSPS) is 13.3. The van der Waals surface area contributed by atoms with Crippen molar-refractivity contribution in [2.45, 2.75) is 27.3 Å². The van der Waals surface area contributed by atoms with Crippen molar-refractivity contribution in [3.05, 3.63) is 65.8 Å². The van der Waals surface area contributed by atoms with Crippen LogP contribution in [0.5, 0.6) is 0 Å². The molecule has 1 aliphatic heterocycles. The van der Waals surface area contributed by atoms with Gasteiger partial charge < -0.3 is 10.6 Å². The number of aromatic nitrogens is 4. The second-order valence-electron chi connectivity index (χ2n) is 8.87. The predicted octanol–water partition coefficient (Wildman–Crippen LogP) is 3.48. The molecule has 2 aromatic heterocycles. The SMILES string of the molecule is CN(C(=O)C(C)(C)C)c1cnc(-c2cc(C3=NCC=C3)n(Cc3ccccc3F)n2)nc1N. The third-order valence-corrected chi connectivity index (χ3v) is 5.30. The van der Waals surface area contributed by atoms with Crippen molar-refractivity contribution in [2.75, 3.05) is 24.2 Å².